The van der Waals surface area contributed by atoms with E-state index in [4.69, 9.17) is 5.84 Å². The molecule has 0 aliphatic carbocycles. The molecule has 0 aliphatic heterocycles. The fourth-order valence-electron chi connectivity index (χ4n) is 2.48. The Labute approximate surface area is 89.0 Å². The summed E-state index contributed by atoms with van der Waals surface area (Å²) in [5.74, 6) is 5.66. The van der Waals surface area contributed by atoms with Crippen molar-refractivity contribution < 1.29 is 0 Å². The predicted molar refractivity (Wildman–Crippen MR) is 63.0 cm³/mol. The van der Waals surface area contributed by atoms with Gasteiger partial charge in [-0.3, -0.25) is 11.3 Å². The molecule has 0 heterocycles. The fraction of sp³-hybridized carbons (Fsp3) is 1.00. The predicted octanol–water partition coefficient (Wildman–Crippen LogP) is 1.74. The zero-order chi connectivity index (χ0) is 11.2. The van der Waals surface area contributed by atoms with Crippen molar-refractivity contribution in [2.24, 2.45) is 5.84 Å². The van der Waals surface area contributed by atoms with Crippen LogP contribution in [0.3, 0.4) is 0 Å². The van der Waals surface area contributed by atoms with Gasteiger partial charge in [0.1, 0.15) is 0 Å². The van der Waals surface area contributed by atoms with E-state index in [-0.39, 0.29) is 5.54 Å². The van der Waals surface area contributed by atoms with Gasteiger partial charge < -0.3 is 4.90 Å². The summed E-state index contributed by atoms with van der Waals surface area (Å²) in [7, 11) is 4.29. The van der Waals surface area contributed by atoms with Crippen LogP contribution in [0, 0.1) is 0 Å². The summed E-state index contributed by atoms with van der Waals surface area (Å²) < 4.78 is 0. The molecule has 3 nitrogen and oxygen atoms in total. The van der Waals surface area contributed by atoms with Crippen molar-refractivity contribution in [1.29, 1.82) is 0 Å². The smallest absolute Gasteiger partial charge is 0.0394 e. The van der Waals surface area contributed by atoms with Crippen molar-refractivity contribution in [2.45, 2.75) is 58.0 Å². The highest BCUT2D eigenvalue weighted by Gasteiger charge is 2.36. The highest BCUT2D eigenvalue weighted by molar-refractivity contribution is 4.95. The molecule has 1 atom stereocenters. The van der Waals surface area contributed by atoms with Crippen LogP contribution in [0.2, 0.25) is 0 Å². The van der Waals surface area contributed by atoms with Crippen LogP contribution in [0.25, 0.3) is 0 Å². The number of nitrogens with two attached hydrogens (primary N) is 1. The van der Waals surface area contributed by atoms with E-state index in [1.807, 2.05) is 0 Å². The van der Waals surface area contributed by atoms with E-state index in [9.17, 15) is 0 Å². The van der Waals surface area contributed by atoms with Gasteiger partial charge >= 0.3 is 0 Å². The third-order valence-corrected chi connectivity index (χ3v) is 3.54. The normalized spacial score (nSPS) is 14.8. The van der Waals surface area contributed by atoms with Crippen molar-refractivity contribution in [1.82, 2.24) is 10.3 Å². The van der Waals surface area contributed by atoms with Gasteiger partial charge in [-0.2, -0.15) is 0 Å². The first kappa shape index (κ1) is 13.9. The van der Waals surface area contributed by atoms with Gasteiger partial charge in [0.25, 0.3) is 0 Å². The second-order valence-corrected chi connectivity index (χ2v) is 4.21. The van der Waals surface area contributed by atoms with E-state index < -0.39 is 0 Å². The molecule has 0 aromatic rings. The Morgan fingerprint density at radius 2 is 1.71 bits per heavy atom. The molecule has 0 aliphatic rings. The van der Waals surface area contributed by atoms with Gasteiger partial charge in [0.15, 0.2) is 0 Å². The van der Waals surface area contributed by atoms with Crippen LogP contribution in [0.4, 0.5) is 0 Å². The first-order chi connectivity index (χ1) is 6.58. The summed E-state index contributed by atoms with van der Waals surface area (Å²) in [6.07, 6.45) is 4.57. The number of nitrogens with zero attached hydrogens (tertiary/aromatic N) is 1. The topological polar surface area (TPSA) is 41.3 Å². The highest BCUT2D eigenvalue weighted by atomic mass is 15.3. The van der Waals surface area contributed by atoms with E-state index >= 15 is 0 Å². The lowest BCUT2D eigenvalue weighted by atomic mass is 9.81. The Bertz CT molecular complexity index is 141. The molecule has 0 bridgehead atoms. The van der Waals surface area contributed by atoms with Gasteiger partial charge in [-0.1, -0.05) is 27.2 Å². The van der Waals surface area contributed by atoms with Gasteiger partial charge in [0, 0.05) is 11.6 Å². The summed E-state index contributed by atoms with van der Waals surface area (Å²) in [6.45, 7) is 6.68. The Morgan fingerprint density at radius 3 is 1.93 bits per heavy atom. The van der Waals surface area contributed by atoms with Crippen LogP contribution in [0.1, 0.15) is 46.5 Å². The summed E-state index contributed by atoms with van der Waals surface area (Å²) in [5.41, 5.74) is 3.18. The quantitative estimate of drug-likeness (QED) is 0.487. The lowest BCUT2D eigenvalue weighted by Gasteiger charge is -2.45. The maximum atomic E-state index is 5.66. The molecule has 1 unspecified atom stereocenters. The number of nitrogens with one attached hydrogen (secondary N) is 1. The largest absolute Gasteiger partial charge is 0.302 e. The summed E-state index contributed by atoms with van der Waals surface area (Å²) in [5, 5.41) is 0. The maximum absolute atomic E-state index is 5.66. The Kier molecular flexibility index (Phi) is 6.33. The van der Waals surface area contributed by atoms with Crippen LogP contribution in [0.5, 0.6) is 0 Å². The lowest BCUT2D eigenvalue weighted by molar-refractivity contribution is 0.0838. The van der Waals surface area contributed by atoms with Crippen molar-refractivity contribution in [2.75, 3.05) is 14.1 Å². The Morgan fingerprint density at radius 1 is 1.21 bits per heavy atom. The number of likely N-dealkylation sites (N-methyl/N-ethyl adjacent to an activating group) is 1. The van der Waals surface area contributed by atoms with Crippen molar-refractivity contribution in [3.63, 3.8) is 0 Å². The molecular weight excluding hydrogens is 174 g/mol. The molecule has 0 aromatic carbocycles. The minimum absolute atomic E-state index is 0.199. The number of hydrogen-bond donors (Lipinski definition) is 2. The molecule has 0 aromatic heterocycles. The van der Waals surface area contributed by atoms with E-state index in [0.29, 0.717) is 6.04 Å². The second-order valence-electron chi connectivity index (χ2n) is 4.21. The molecule has 0 saturated heterocycles. The fourth-order valence-corrected chi connectivity index (χ4v) is 2.48. The zero-order valence-electron chi connectivity index (χ0n) is 10.4. The van der Waals surface area contributed by atoms with Gasteiger partial charge in [-0.15, -0.1) is 0 Å². The molecule has 14 heavy (non-hydrogen) atoms. The Hall–Kier alpha value is -0.120. The van der Waals surface area contributed by atoms with E-state index in [0.717, 1.165) is 19.3 Å². The van der Waals surface area contributed by atoms with Crippen LogP contribution >= 0.6 is 0 Å². The highest BCUT2D eigenvalue weighted by Crippen LogP contribution is 2.27. The van der Waals surface area contributed by atoms with E-state index in [2.05, 4.69) is 45.2 Å². The number of hydrogen-bond acceptors (Lipinski definition) is 3. The maximum Gasteiger partial charge on any atom is 0.0394 e. The molecule has 0 amide bonds. The summed E-state index contributed by atoms with van der Waals surface area (Å²) in [6, 6.07) is 0.387. The monoisotopic (exact) mass is 201 g/mol. The van der Waals surface area contributed by atoms with Crippen LogP contribution in [-0.2, 0) is 0 Å². The summed E-state index contributed by atoms with van der Waals surface area (Å²) >= 11 is 0. The van der Waals surface area contributed by atoms with Crippen LogP contribution in [0.15, 0.2) is 0 Å². The SMILES string of the molecule is CCCC(NN)C(CC)(CC)N(C)C. The zero-order valence-corrected chi connectivity index (χ0v) is 10.4. The standard InChI is InChI=1S/C11H27N3/c1-6-9-10(13-12)11(7-2,8-3)14(4)5/h10,13H,6-9,12H2,1-5H3. The third kappa shape index (κ3) is 2.69. The molecule has 0 rings (SSSR count). The van der Waals surface area contributed by atoms with Gasteiger partial charge in [0.2, 0.25) is 0 Å². The average molecular weight is 201 g/mol. The first-order valence-corrected chi connectivity index (χ1v) is 5.72. The van der Waals surface area contributed by atoms with E-state index in [1.54, 1.807) is 0 Å². The first-order valence-electron chi connectivity index (χ1n) is 5.72. The molecule has 3 heteroatoms. The number of rotatable bonds is 7. The number of hydrazine groups is 1. The molecule has 0 saturated carbocycles. The molecular formula is C11H27N3. The van der Waals surface area contributed by atoms with Crippen molar-refractivity contribution >= 4 is 0 Å². The second kappa shape index (κ2) is 6.38. The molecule has 0 radical (unpaired) electrons. The average Bonchev–Trinajstić information content (AvgIpc) is 2.18. The van der Waals surface area contributed by atoms with Crippen molar-refractivity contribution in [3.05, 3.63) is 0 Å². The molecule has 0 fully saturated rings. The van der Waals surface area contributed by atoms with Crippen molar-refractivity contribution in [3.8, 4) is 0 Å². The minimum Gasteiger partial charge on any atom is -0.302 e. The third-order valence-electron chi connectivity index (χ3n) is 3.54. The van der Waals surface area contributed by atoms with Crippen LogP contribution in [-0.4, -0.2) is 30.6 Å². The minimum atomic E-state index is 0.199. The summed E-state index contributed by atoms with van der Waals surface area (Å²) in [4.78, 5) is 2.31. The van der Waals surface area contributed by atoms with E-state index in [1.165, 1.54) is 6.42 Å². The van der Waals surface area contributed by atoms with Gasteiger partial charge in [-0.25, -0.2) is 0 Å². The van der Waals surface area contributed by atoms with Gasteiger partial charge in [-0.05, 0) is 33.4 Å². The molecule has 86 valence electrons. The lowest BCUT2D eigenvalue weighted by Crippen LogP contribution is -2.60. The van der Waals surface area contributed by atoms with Gasteiger partial charge in [0.05, 0.1) is 0 Å². The Balaban J connectivity index is 4.73. The molecule has 3 N–H and O–H groups in total. The van der Waals surface area contributed by atoms with Crippen LogP contribution < -0.4 is 11.3 Å². The molecule has 0 spiro atoms.